The molecule has 1 amide bonds. The molecule has 1 aromatic carbocycles. The van der Waals surface area contributed by atoms with Crippen LogP contribution in [0.25, 0.3) is 0 Å². The van der Waals surface area contributed by atoms with E-state index in [1.54, 1.807) is 0 Å². The molecule has 4 unspecified atom stereocenters. The van der Waals surface area contributed by atoms with Gasteiger partial charge in [-0.05, 0) is 61.4 Å². The molecule has 4 atom stereocenters. The number of nitrogens with zero attached hydrogens (tertiary/aromatic N) is 1. The first-order chi connectivity index (χ1) is 14.0. The Balaban J connectivity index is 1.66. The first kappa shape index (κ1) is 23.3. The van der Waals surface area contributed by atoms with Crippen LogP contribution in [-0.4, -0.2) is 33.4 Å². The van der Waals surface area contributed by atoms with Gasteiger partial charge in [0.2, 0.25) is 14.9 Å². The molecule has 2 aliphatic rings. The van der Waals surface area contributed by atoms with Gasteiger partial charge in [-0.1, -0.05) is 39.3 Å². The standard InChI is InChI=1S/C23H34ClN2O3Si/c1-13-9-19(27)25-26-20(13)15-8-14(2)21(18(24)11-15)28-12-16-10-17(16)22(23(3,4)5)29-30(6)7/h8,11,13,16-17,22H,9-10,12H2,1-7H3,(H,25,27). The lowest BCUT2D eigenvalue weighted by atomic mass is 9.85. The zero-order chi connectivity index (χ0) is 22.2. The molecule has 0 bridgehead atoms. The molecule has 7 heteroatoms. The van der Waals surface area contributed by atoms with Crippen LogP contribution >= 0.6 is 11.6 Å². The number of carbonyl (C=O) groups is 1. The van der Waals surface area contributed by atoms with Gasteiger partial charge in [-0.2, -0.15) is 5.10 Å². The van der Waals surface area contributed by atoms with E-state index in [1.807, 2.05) is 26.0 Å². The number of nitrogens with one attached hydrogen (secondary N) is 1. The number of hydrogen-bond acceptors (Lipinski definition) is 4. The smallest absolute Gasteiger partial charge is 0.240 e. The lowest BCUT2D eigenvalue weighted by molar-refractivity contribution is -0.121. The Morgan fingerprint density at radius 3 is 2.60 bits per heavy atom. The lowest BCUT2D eigenvalue weighted by Gasteiger charge is -2.33. The Bertz CT molecular complexity index is 811. The summed E-state index contributed by atoms with van der Waals surface area (Å²) in [5.74, 6) is 1.80. The number of ether oxygens (including phenoxy) is 1. The molecule has 1 aromatic rings. The van der Waals surface area contributed by atoms with Crippen molar-refractivity contribution in [1.82, 2.24) is 5.43 Å². The van der Waals surface area contributed by atoms with Crippen molar-refractivity contribution in [3.05, 3.63) is 28.3 Å². The van der Waals surface area contributed by atoms with Gasteiger partial charge in [0.1, 0.15) is 5.75 Å². The van der Waals surface area contributed by atoms with Crippen LogP contribution in [0.3, 0.4) is 0 Å². The van der Waals surface area contributed by atoms with E-state index in [0.29, 0.717) is 29.9 Å². The minimum atomic E-state index is -0.746. The normalized spacial score (nSPS) is 25.0. The Hall–Kier alpha value is -1.37. The van der Waals surface area contributed by atoms with Crippen molar-refractivity contribution in [2.75, 3.05) is 6.61 Å². The molecular weight excluding hydrogens is 416 g/mol. The van der Waals surface area contributed by atoms with E-state index in [9.17, 15) is 4.79 Å². The minimum Gasteiger partial charge on any atom is -0.491 e. The molecule has 165 valence electrons. The average Bonchev–Trinajstić information content (AvgIpc) is 3.36. The van der Waals surface area contributed by atoms with Gasteiger partial charge in [0.05, 0.1) is 23.4 Å². The van der Waals surface area contributed by atoms with Crippen LogP contribution in [0.1, 0.15) is 51.7 Å². The van der Waals surface area contributed by atoms with Crippen molar-refractivity contribution in [1.29, 1.82) is 0 Å². The van der Waals surface area contributed by atoms with E-state index < -0.39 is 9.04 Å². The molecule has 3 rings (SSSR count). The molecule has 30 heavy (non-hydrogen) atoms. The third-order valence-corrected chi connectivity index (χ3v) is 6.81. The largest absolute Gasteiger partial charge is 0.491 e. The van der Waals surface area contributed by atoms with Gasteiger partial charge in [0.25, 0.3) is 0 Å². The molecule has 0 aromatic heterocycles. The third-order valence-electron chi connectivity index (χ3n) is 5.81. The van der Waals surface area contributed by atoms with E-state index in [2.05, 4.69) is 44.4 Å². The number of halogens is 1. The van der Waals surface area contributed by atoms with E-state index in [0.717, 1.165) is 29.0 Å². The summed E-state index contributed by atoms with van der Waals surface area (Å²) in [5, 5.41) is 4.83. The fourth-order valence-corrected chi connectivity index (χ4v) is 5.61. The highest BCUT2D eigenvalue weighted by Crippen LogP contribution is 2.48. The second-order valence-electron chi connectivity index (χ2n) is 10.0. The van der Waals surface area contributed by atoms with Crippen LogP contribution in [0.4, 0.5) is 0 Å². The minimum absolute atomic E-state index is 0.0510. The van der Waals surface area contributed by atoms with E-state index in [-0.39, 0.29) is 23.3 Å². The molecule has 1 aliphatic heterocycles. The zero-order valence-corrected chi connectivity index (χ0v) is 20.9. The third kappa shape index (κ3) is 5.45. The molecular formula is C23H34ClN2O3Si. The topological polar surface area (TPSA) is 59.9 Å². The highest BCUT2D eigenvalue weighted by molar-refractivity contribution is 6.48. The van der Waals surface area contributed by atoms with Crippen LogP contribution in [-0.2, 0) is 9.22 Å². The van der Waals surface area contributed by atoms with Crippen LogP contribution in [0.5, 0.6) is 5.75 Å². The molecule has 0 spiro atoms. The summed E-state index contributed by atoms with van der Waals surface area (Å²) in [7, 11) is -0.746. The molecule has 0 saturated heterocycles. The molecule has 1 heterocycles. The summed E-state index contributed by atoms with van der Waals surface area (Å²) in [5.41, 5.74) is 5.47. The van der Waals surface area contributed by atoms with Crippen LogP contribution in [0.2, 0.25) is 18.1 Å². The summed E-state index contributed by atoms with van der Waals surface area (Å²) in [6.07, 6.45) is 1.85. The SMILES string of the molecule is Cc1cc(C2=NNC(=O)CC2C)cc(Cl)c1OCC1CC1C(O[Si](C)C)C(C)(C)C. The number of rotatable bonds is 7. The molecule has 5 nitrogen and oxygen atoms in total. The maximum atomic E-state index is 11.5. The number of hydrazone groups is 1. The highest BCUT2D eigenvalue weighted by Gasteiger charge is 2.48. The van der Waals surface area contributed by atoms with Gasteiger partial charge in [-0.3, -0.25) is 4.79 Å². The van der Waals surface area contributed by atoms with E-state index in [1.165, 1.54) is 0 Å². The summed E-state index contributed by atoms with van der Waals surface area (Å²) in [6, 6.07) is 3.94. The summed E-state index contributed by atoms with van der Waals surface area (Å²) >= 11 is 6.59. The number of aryl methyl sites for hydroxylation is 1. The van der Waals surface area contributed by atoms with Crippen molar-refractivity contribution in [3.8, 4) is 5.75 Å². The van der Waals surface area contributed by atoms with Crippen molar-refractivity contribution >= 4 is 32.3 Å². The lowest BCUT2D eigenvalue weighted by Crippen LogP contribution is -2.35. The van der Waals surface area contributed by atoms with Gasteiger partial charge in [-0.15, -0.1) is 0 Å². The zero-order valence-electron chi connectivity index (χ0n) is 19.1. The summed E-state index contributed by atoms with van der Waals surface area (Å²) in [6.45, 7) is 15.8. The summed E-state index contributed by atoms with van der Waals surface area (Å²) in [4.78, 5) is 11.5. The van der Waals surface area contributed by atoms with E-state index in [4.69, 9.17) is 20.8 Å². The Morgan fingerprint density at radius 1 is 1.33 bits per heavy atom. The van der Waals surface area contributed by atoms with Crippen molar-refractivity contribution in [3.63, 3.8) is 0 Å². The number of benzene rings is 1. The highest BCUT2D eigenvalue weighted by atomic mass is 35.5. The fourth-order valence-electron chi connectivity index (χ4n) is 4.25. The Morgan fingerprint density at radius 2 is 2.03 bits per heavy atom. The number of amides is 1. The maximum absolute atomic E-state index is 11.5. The molecule has 1 N–H and O–H groups in total. The van der Waals surface area contributed by atoms with E-state index >= 15 is 0 Å². The van der Waals surface area contributed by atoms with Crippen LogP contribution < -0.4 is 10.2 Å². The first-order valence-electron chi connectivity index (χ1n) is 10.7. The Kier molecular flexibility index (Phi) is 7.00. The second kappa shape index (κ2) is 9.01. The van der Waals surface area contributed by atoms with Gasteiger partial charge in [-0.25, -0.2) is 5.43 Å². The van der Waals surface area contributed by atoms with Crippen LogP contribution in [0.15, 0.2) is 17.2 Å². The predicted octanol–water partition coefficient (Wildman–Crippen LogP) is 5.21. The van der Waals surface area contributed by atoms with Gasteiger partial charge < -0.3 is 9.16 Å². The monoisotopic (exact) mass is 449 g/mol. The maximum Gasteiger partial charge on any atom is 0.240 e. The summed E-state index contributed by atoms with van der Waals surface area (Å²) < 4.78 is 12.5. The number of hydrogen-bond donors (Lipinski definition) is 1. The molecule has 1 aliphatic carbocycles. The number of carbonyl (C=O) groups excluding carboxylic acids is 1. The van der Waals surface area contributed by atoms with Gasteiger partial charge in [0.15, 0.2) is 0 Å². The van der Waals surface area contributed by atoms with Gasteiger partial charge >= 0.3 is 0 Å². The molecule has 1 fully saturated rings. The predicted molar refractivity (Wildman–Crippen MR) is 124 cm³/mol. The molecule has 1 radical (unpaired) electrons. The van der Waals surface area contributed by atoms with Crippen LogP contribution in [0, 0.1) is 30.1 Å². The average molecular weight is 450 g/mol. The Labute approximate surface area is 187 Å². The van der Waals surface area contributed by atoms with Crippen molar-refractivity contribution in [2.45, 2.75) is 66.7 Å². The van der Waals surface area contributed by atoms with Crippen molar-refractivity contribution < 1.29 is 14.0 Å². The van der Waals surface area contributed by atoms with Gasteiger partial charge in [0, 0.05) is 17.9 Å². The quantitative estimate of drug-likeness (QED) is 0.581. The fraction of sp³-hybridized carbons (Fsp3) is 0.652. The second-order valence-corrected chi connectivity index (χ2v) is 12.5. The first-order valence-corrected chi connectivity index (χ1v) is 13.5. The van der Waals surface area contributed by atoms with Crippen molar-refractivity contribution in [2.24, 2.45) is 28.3 Å². The molecule has 1 saturated carbocycles.